The van der Waals surface area contributed by atoms with Crippen LogP contribution in [0, 0.1) is 0 Å². The molecule has 122 valence electrons. The first-order valence-electron chi connectivity index (χ1n) is 9.03. The average Bonchev–Trinajstić information content (AvgIpc) is 2.58. The standard InChI is InChI=1S/C19H30N2O/c1-2-22-19-10-8-17(9-11-19)16-20-12-14-21(15-13-20)18-6-4-3-5-7-18/h8-11,18H,2-7,12-16H2,1H3. The Labute approximate surface area is 135 Å². The van der Waals surface area contributed by atoms with Crippen molar-refractivity contribution in [2.75, 3.05) is 32.8 Å². The summed E-state index contributed by atoms with van der Waals surface area (Å²) in [5, 5.41) is 0. The summed E-state index contributed by atoms with van der Waals surface area (Å²) in [4.78, 5) is 5.34. The van der Waals surface area contributed by atoms with E-state index in [0.717, 1.165) is 24.9 Å². The fourth-order valence-electron chi connectivity index (χ4n) is 3.85. The predicted molar refractivity (Wildman–Crippen MR) is 91.3 cm³/mol. The fraction of sp³-hybridized carbons (Fsp3) is 0.684. The van der Waals surface area contributed by atoms with Crippen molar-refractivity contribution in [2.45, 2.75) is 51.6 Å². The third-order valence-corrected chi connectivity index (χ3v) is 5.14. The number of piperazine rings is 1. The van der Waals surface area contributed by atoms with E-state index in [0.29, 0.717) is 0 Å². The number of hydrogen-bond acceptors (Lipinski definition) is 3. The van der Waals surface area contributed by atoms with Gasteiger partial charge in [0.15, 0.2) is 0 Å². The molecule has 0 aromatic heterocycles. The molecule has 0 amide bonds. The Morgan fingerprint density at radius 2 is 1.64 bits per heavy atom. The third-order valence-electron chi connectivity index (χ3n) is 5.14. The molecule has 0 unspecified atom stereocenters. The van der Waals surface area contributed by atoms with Gasteiger partial charge in [-0.2, -0.15) is 0 Å². The van der Waals surface area contributed by atoms with Gasteiger partial charge in [-0.15, -0.1) is 0 Å². The van der Waals surface area contributed by atoms with Crippen molar-refractivity contribution in [3.63, 3.8) is 0 Å². The number of benzene rings is 1. The van der Waals surface area contributed by atoms with Gasteiger partial charge < -0.3 is 4.74 Å². The molecule has 1 heterocycles. The van der Waals surface area contributed by atoms with E-state index in [1.807, 2.05) is 6.92 Å². The van der Waals surface area contributed by atoms with Crippen LogP contribution in [0.3, 0.4) is 0 Å². The number of ether oxygens (including phenoxy) is 1. The first-order chi connectivity index (χ1) is 10.8. The Kier molecular flexibility index (Phi) is 5.74. The summed E-state index contributed by atoms with van der Waals surface area (Å²) in [6.45, 7) is 8.77. The van der Waals surface area contributed by atoms with Crippen molar-refractivity contribution in [1.82, 2.24) is 9.80 Å². The highest BCUT2D eigenvalue weighted by Crippen LogP contribution is 2.24. The molecule has 0 N–H and O–H groups in total. The second kappa shape index (κ2) is 7.98. The summed E-state index contributed by atoms with van der Waals surface area (Å²) < 4.78 is 5.51. The van der Waals surface area contributed by atoms with Crippen LogP contribution < -0.4 is 4.74 Å². The Balaban J connectivity index is 1.45. The summed E-state index contributed by atoms with van der Waals surface area (Å²) in [5.74, 6) is 0.980. The van der Waals surface area contributed by atoms with Gasteiger partial charge in [-0.1, -0.05) is 31.4 Å². The molecule has 3 rings (SSSR count). The van der Waals surface area contributed by atoms with Gasteiger partial charge >= 0.3 is 0 Å². The second-order valence-corrected chi connectivity index (χ2v) is 6.68. The molecule has 1 aromatic rings. The number of nitrogens with zero attached hydrogens (tertiary/aromatic N) is 2. The normalized spacial score (nSPS) is 21.9. The Hall–Kier alpha value is -1.06. The van der Waals surface area contributed by atoms with Crippen molar-refractivity contribution < 1.29 is 4.74 Å². The van der Waals surface area contributed by atoms with Gasteiger partial charge in [0.2, 0.25) is 0 Å². The van der Waals surface area contributed by atoms with Crippen LogP contribution in [0.1, 0.15) is 44.6 Å². The Morgan fingerprint density at radius 3 is 2.27 bits per heavy atom. The van der Waals surface area contributed by atoms with E-state index in [1.54, 1.807) is 0 Å². The lowest BCUT2D eigenvalue weighted by atomic mass is 9.94. The Bertz CT molecular complexity index is 431. The van der Waals surface area contributed by atoms with Gasteiger partial charge in [-0.25, -0.2) is 0 Å². The predicted octanol–water partition coefficient (Wildman–Crippen LogP) is 3.54. The summed E-state index contributed by atoms with van der Waals surface area (Å²) in [6.07, 6.45) is 7.19. The van der Waals surface area contributed by atoms with E-state index in [-0.39, 0.29) is 0 Å². The third kappa shape index (κ3) is 4.23. The zero-order valence-electron chi connectivity index (χ0n) is 14.0. The van der Waals surface area contributed by atoms with Gasteiger partial charge in [0.25, 0.3) is 0 Å². The molecule has 2 fully saturated rings. The van der Waals surface area contributed by atoms with Crippen LogP contribution in [0.2, 0.25) is 0 Å². The fourth-order valence-corrected chi connectivity index (χ4v) is 3.85. The molecule has 2 aliphatic rings. The monoisotopic (exact) mass is 302 g/mol. The molecule has 1 saturated heterocycles. The molecule has 3 heteroatoms. The average molecular weight is 302 g/mol. The zero-order valence-corrected chi connectivity index (χ0v) is 14.0. The maximum absolute atomic E-state index is 5.51. The van der Waals surface area contributed by atoms with Crippen LogP contribution in [0.5, 0.6) is 5.75 Å². The summed E-state index contributed by atoms with van der Waals surface area (Å²) in [6, 6.07) is 9.48. The van der Waals surface area contributed by atoms with E-state index in [2.05, 4.69) is 34.1 Å². The van der Waals surface area contributed by atoms with Crippen molar-refractivity contribution in [2.24, 2.45) is 0 Å². The van der Waals surface area contributed by atoms with Gasteiger partial charge in [0, 0.05) is 38.8 Å². The molecule has 0 radical (unpaired) electrons. The summed E-state index contributed by atoms with van der Waals surface area (Å²) in [5.41, 5.74) is 1.40. The highest BCUT2D eigenvalue weighted by Gasteiger charge is 2.24. The van der Waals surface area contributed by atoms with Crippen LogP contribution >= 0.6 is 0 Å². The van der Waals surface area contributed by atoms with E-state index < -0.39 is 0 Å². The molecule has 1 saturated carbocycles. The van der Waals surface area contributed by atoms with Gasteiger partial charge in [-0.05, 0) is 37.5 Å². The summed E-state index contributed by atoms with van der Waals surface area (Å²) >= 11 is 0. The van der Waals surface area contributed by atoms with Crippen LogP contribution in [-0.2, 0) is 6.54 Å². The van der Waals surface area contributed by atoms with Crippen molar-refractivity contribution in [3.8, 4) is 5.75 Å². The lowest BCUT2D eigenvalue weighted by Gasteiger charge is -2.40. The van der Waals surface area contributed by atoms with Crippen LogP contribution in [-0.4, -0.2) is 48.6 Å². The van der Waals surface area contributed by atoms with E-state index in [1.165, 1.54) is 63.8 Å². The maximum Gasteiger partial charge on any atom is 0.119 e. The highest BCUT2D eigenvalue weighted by atomic mass is 16.5. The molecule has 3 nitrogen and oxygen atoms in total. The minimum atomic E-state index is 0.739. The molecular weight excluding hydrogens is 272 g/mol. The molecule has 1 aromatic carbocycles. The van der Waals surface area contributed by atoms with Crippen LogP contribution in [0.15, 0.2) is 24.3 Å². The molecule has 1 aliphatic heterocycles. The van der Waals surface area contributed by atoms with Crippen LogP contribution in [0.25, 0.3) is 0 Å². The van der Waals surface area contributed by atoms with E-state index >= 15 is 0 Å². The smallest absolute Gasteiger partial charge is 0.119 e. The van der Waals surface area contributed by atoms with E-state index in [4.69, 9.17) is 4.74 Å². The lowest BCUT2D eigenvalue weighted by molar-refractivity contribution is 0.0755. The first-order valence-corrected chi connectivity index (χ1v) is 9.03. The minimum Gasteiger partial charge on any atom is -0.494 e. The number of hydrogen-bond donors (Lipinski definition) is 0. The van der Waals surface area contributed by atoms with Gasteiger partial charge in [0.05, 0.1) is 6.61 Å². The molecule has 0 bridgehead atoms. The van der Waals surface area contributed by atoms with Crippen molar-refractivity contribution in [1.29, 1.82) is 0 Å². The summed E-state index contributed by atoms with van der Waals surface area (Å²) in [7, 11) is 0. The van der Waals surface area contributed by atoms with Gasteiger partial charge in [-0.3, -0.25) is 9.80 Å². The largest absolute Gasteiger partial charge is 0.494 e. The minimum absolute atomic E-state index is 0.739. The zero-order chi connectivity index (χ0) is 15.2. The van der Waals surface area contributed by atoms with Gasteiger partial charge in [0.1, 0.15) is 5.75 Å². The first kappa shape index (κ1) is 15.8. The molecule has 0 atom stereocenters. The Morgan fingerprint density at radius 1 is 0.955 bits per heavy atom. The SMILES string of the molecule is CCOc1ccc(CN2CCN(C3CCCCC3)CC2)cc1. The highest BCUT2D eigenvalue weighted by molar-refractivity contribution is 5.27. The topological polar surface area (TPSA) is 15.7 Å². The lowest BCUT2D eigenvalue weighted by Crippen LogP contribution is -2.50. The van der Waals surface area contributed by atoms with E-state index in [9.17, 15) is 0 Å². The second-order valence-electron chi connectivity index (χ2n) is 6.68. The molecular formula is C19H30N2O. The quantitative estimate of drug-likeness (QED) is 0.827. The number of rotatable bonds is 5. The maximum atomic E-state index is 5.51. The molecule has 0 spiro atoms. The van der Waals surface area contributed by atoms with Crippen molar-refractivity contribution in [3.05, 3.63) is 29.8 Å². The molecule has 22 heavy (non-hydrogen) atoms. The molecule has 1 aliphatic carbocycles. The van der Waals surface area contributed by atoms with Crippen LogP contribution in [0.4, 0.5) is 0 Å². The van der Waals surface area contributed by atoms with Crippen molar-refractivity contribution >= 4 is 0 Å².